The number of methoxy groups -OCH3 is 1. The van der Waals surface area contributed by atoms with Gasteiger partial charge < -0.3 is 19.3 Å². The highest BCUT2D eigenvalue weighted by molar-refractivity contribution is 7.89. The highest BCUT2D eigenvalue weighted by atomic mass is 35.5. The lowest BCUT2D eigenvalue weighted by Crippen LogP contribution is -2.52. The molecule has 1 heterocycles. The Morgan fingerprint density at radius 1 is 1.05 bits per heavy atom. The van der Waals surface area contributed by atoms with Crippen molar-refractivity contribution in [2.45, 2.75) is 45.4 Å². The van der Waals surface area contributed by atoms with Crippen LogP contribution in [-0.2, 0) is 42.2 Å². The van der Waals surface area contributed by atoms with Gasteiger partial charge in [0.05, 0.1) is 25.5 Å². The van der Waals surface area contributed by atoms with Crippen molar-refractivity contribution in [2.24, 2.45) is 0 Å². The van der Waals surface area contributed by atoms with Gasteiger partial charge in [-0.05, 0) is 42.5 Å². The molecule has 1 aliphatic rings. The molecule has 1 saturated heterocycles. The van der Waals surface area contributed by atoms with E-state index in [2.05, 4.69) is 0 Å². The average Bonchev–Trinajstić information content (AvgIpc) is 2.94. The molecular weight excluding hydrogens is 554 g/mol. The average molecular weight is 594 g/mol. The molecule has 0 radical (unpaired) electrons. The Hall–Kier alpha value is -2.50. The summed E-state index contributed by atoms with van der Waals surface area (Å²) in [6.07, 6.45) is 1.61. The number of likely N-dealkylation sites (tertiary alicyclic amines) is 1. The van der Waals surface area contributed by atoms with Crippen LogP contribution in [0.4, 0.5) is 0 Å². The Balaban J connectivity index is 1.66. The summed E-state index contributed by atoms with van der Waals surface area (Å²) in [7, 11) is -2.11. The molecule has 1 fully saturated rings. The third-order valence-corrected chi connectivity index (χ3v) is 9.13. The molecule has 0 aromatic heterocycles. The van der Waals surface area contributed by atoms with E-state index in [9.17, 15) is 18.0 Å². The lowest BCUT2D eigenvalue weighted by atomic mass is 10.0. The van der Waals surface area contributed by atoms with Crippen molar-refractivity contribution in [1.82, 2.24) is 14.1 Å². The quantitative estimate of drug-likeness (QED) is 0.313. The largest absolute Gasteiger partial charge is 0.383 e. The lowest BCUT2D eigenvalue weighted by molar-refractivity contribution is -0.140. The fourth-order valence-electron chi connectivity index (χ4n) is 4.74. The fourth-order valence-corrected chi connectivity index (χ4v) is 6.39. The number of rotatable bonds is 15. The van der Waals surface area contributed by atoms with Crippen LogP contribution in [0.3, 0.4) is 0 Å². The van der Waals surface area contributed by atoms with Gasteiger partial charge in [0.2, 0.25) is 21.8 Å². The molecule has 0 N–H and O–H groups in total. The number of amides is 2. The van der Waals surface area contributed by atoms with E-state index in [1.54, 1.807) is 28.9 Å². The van der Waals surface area contributed by atoms with Gasteiger partial charge in [-0.15, -0.1) is 0 Å². The van der Waals surface area contributed by atoms with Crippen LogP contribution < -0.4 is 0 Å². The van der Waals surface area contributed by atoms with Crippen LogP contribution >= 0.6 is 11.6 Å². The number of piperidine rings is 1. The van der Waals surface area contributed by atoms with Crippen LogP contribution in [-0.4, -0.2) is 92.6 Å². The van der Waals surface area contributed by atoms with Crippen LogP contribution in [0.2, 0.25) is 5.02 Å². The summed E-state index contributed by atoms with van der Waals surface area (Å²) >= 11 is 6.20. The van der Waals surface area contributed by atoms with Gasteiger partial charge >= 0.3 is 0 Å². The molecule has 0 spiro atoms. The second kappa shape index (κ2) is 16.1. The zero-order valence-corrected chi connectivity index (χ0v) is 24.9. The maximum Gasteiger partial charge on any atom is 0.248 e. The Morgan fingerprint density at radius 3 is 2.40 bits per heavy atom. The molecule has 3 rings (SSSR count). The molecule has 0 unspecified atom stereocenters. The molecule has 2 amide bonds. The van der Waals surface area contributed by atoms with Crippen LogP contribution in [0, 0.1) is 0 Å². The van der Waals surface area contributed by atoms with Crippen LogP contribution in [0.1, 0.15) is 37.3 Å². The van der Waals surface area contributed by atoms with Crippen molar-refractivity contribution in [3.8, 4) is 0 Å². The monoisotopic (exact) mass is 593 g/mol. The number of carbonyl (C=O) groups excluding carboxylic acids is 2. The minimum atomic E-state index is -3.61. The Morgan fingerprint density at radius 2 is 1.75 bits per heavy atom. The second-order valence-electron chi connectivity index (χ2n) is 9.88. The first-order valence-corrected chi connectivity index (χ1v) is 15.6. The van der Waals surface area contributed by atoms with Crippen molar-refractivity contribution in [3.63, 3.8) is 0 Å². The number of ether oxygens (including phenoxy) is 2. The van der Waals surface area contributed by atoms with Gasteiger partial charge in [-0.25, -0.2) is 8.42 Å². The summed E-state index contributed by atoms with van der Waals surface area (Å²) < 4.78 is 37.7. The number of hydrogen-bond donors (Lipinski definition) is 0. The van der Waals surface area contributed by atoms with E-state index in [-0.39, 0.29) is 49.9 Å². The van der Waals surface area contributed by atoms with Gasteiger partial charge in [0.1, 0.15) is 6.61 Å². The van der Waals surface area contributed by atoms with Gasteiger partial charge in [-0.1, -0.05) is 61.0 Å². The summed E-state index contributed by atoms with van der Waals surface area (Å²) in [5.41, 5.74) is 1.86. The van der Waals surface area contributed by atoms with Gasteiger partial charge in [0.25, 0.3) is 0 Å². The van der Waals surface area contributed by atoms with Crippen LogP contribution in [0.5, 0.6) is 0 Å². The van der Waals surface area contributed by atoms with E-state index >= 15 is 0 Å². The molecule has 9 nitrogen and oxygen atoms in total. The smallest absolute Gasteiger partial charge is 0.248 e. The van der Waals surface area contributed by atoms with Crippen molar-refractivity contribution >= 4 is 33.4 Å². The zero-order valence-electron chi connectivity index (χ0n) is 23.3. The predicted molar refractivity (Wildman–Crippen MR) is 155 cm³/mol. The van der Waals surface area contributed by atoms with Crippen LogP contribution in [0.25, 0.3) is 0 Å². The van der Waals surface area contributed by atoms with E-state index in [4.69, 9.17) is 21.1 Å². The predicted octanol–water partition coefficient (Wildman–Crippen LogP) is 3.56. The highest BCUT2D eigenvalue weighted by Crippen LogP contribution is 2.22. The first-order valence-electron chi connectivity index (χ1n) is 13.6. The third kappa shape index (κ3) is 9.85. The molecular formula is C29H40ClN3O6S. The van der Waals surface area contributed by atoms with E-state index in [0.717, 1.165) is 11.1 Å². The number of carbonyl (C=O) groups is 2. The summed E-state index contributed by atoms with van der Waals surface area (Å²) in [6.45, 7) is 3.45. The number of sulfonamides is 1. The van der Waals surface area contributed by atoms with Gasteiger partial charge in [0.15, 0.2) is 0 Å². The topological polar surface area (TPSA) is 96.5 Å². The van der Waals surface area contributed by atoms with E-state index in [0.29, 0.717) is 50.5 Å². The number of benzene rings is 2. The van der Waals surface area contributed by atoms with Crippen molar-refractivity contribution < 1.29 is 27.5 Å². The number of halogens is 1. The normalized spacial score (nSPS) is 14.4. The molecule has 1 aliphatic heterocycles. The number of hydrogen-bond acceptors (Lipinski definition) is 6. The van der Waals surface area contributed by atoms with Crippen molar-refractivity contribution in [1.29, 1.82) is 0 Å². The van der Waals surface area contributed by atoms with Gasteiger partial charge in [0, 0.05) is 44.4 Å². The molecule has 40 heavy (non-hydrogen) atoms. The number of nitrogens with zero attached hydrogens (tertiary/aromatic N) is 3. The van der Waals surface area contributed by atoms with E-state index in [1.165, 1.54) is 11.4 Å². The lowest BCUT2D eigenvalue weighted by Gasteiger charge is -2.39. The van der Waals surface area contributed by atoms with E-state index < -0.39 is 10.0 Å². The minimum absolute atomic E-state index is 0.00549. The van der Waals surface area contributed by atoms with Crippen molar-refractivity contribution in [2.75, 3.05) is 52.3 Å². The molecule has 2 aromatic rings. The standard InChI is InChI=1S/C29H40ClN3O6S/c1-3-18-40(36,37)32(16-17-38-2)21-28(34)33(20-25-10-7-11-26(30)19-25)27-12-14-31(15-13-27)29(35)23-39-22-24-8-5-4-6-9-24/h4-11,19,27H,3,12-18,20-23H2,1-2H3. The summed E-state index contributed by atoms with van der Waals surface area (Å²) in [5.74, 6) is -0.407. The van der Waals surface area contributed by atoms with Crippen LogP contribution in [0.15, 0.2) is 54.6 Å². The maximum absolute atomic E-state index is 13.7. The second-order valence-corrected chi connectivity index (χ2v) is 12.4. The molecule has 220 valence electrons. The third-order valence-electron chi connectivity index (χ3n) is 6.87. The first kappa shape index (κ1) is 32.0. The minimum Gasteiger partial charge on any atom is -0.383 e. The van der Waals surface area contributed by atoms with Gasteiger partial charge in [-0.3, -0.25) is 9.59 Å². The molecule has 0 aliphatic carbocycles. The van der Waals surface area contributed by atoms with Crippen molar-refractivity contribution in [3.05, 3.63) is 70.7 Å². The summed E-state index contributed by atoms with van der Waals surface area (Å²) in [5, 5.41) is 0.563. The maximum atomic E-state index is 13.7. The Bertz CT molecular complexity index is 1190. The Labute approximate surface area is 243 Å². The Kier molecular flexibility index (Phi) is 12.9. The molecule has 2 aromatic carbocycles. The SMILES string of the molecule is CCCS(=O)(=O)N(CCOC)CC(=O)N(Cc1cccc(Cl)c1)C1CCN(C(=O)COCc2ccccc2)CC1. The summed E-state index contributed by atoms with van der Waals surface area (Å²) in [6, 6.07) is 16.8. The molecule has 11 heteroatoms. The molecule has 0 saturated carbocycles. The fraction of sp³-hybridized carbons (Fsp3) is 0.517. The summed E-state index contributed by atoms with van der Waals surface area (Å²) in [4.78, 5) is 30.0. The molecule has 0 bridgehead atoms. The van der Waals surface area contributed by atoms with E-state index in [1.807, 2.05) is 42.5 Å². The first-order chi connectivity index (χ1) is 19.2. The highest BCUT2D eigenvalue weighted by Gasteiger charge is 2.32. The van der Waals surface area contributed by atoms with Gasteiger partial charge in [-0.2, -0.15) is 4.31 Å². The zero-order chi connectivity index (χ0) is 29.0. The molecule has 0 atom stereocenters.